The smallest absolute Gasteiger partial charge is 0.229 e. The minimum atomic E-state index is -3.36. The molecule has 0 saturated heterocycles. The number of hydrogen-bond acceptors (Lipinski definition) is 5. The van der Waals surface area contributed by atoms with Crippen molar-refractivity contribution in [2.75, 3.05) is 11.0 Å². The summed E-state index contributed by atoms with van der Waals surface area (Å²) in [6.45, 7) is 3.79. The molecule has 2 rings (SSSR count). The Bertz CT molecular complexity index is 553. The zero-order valence-electron chi connectivity index (χ0n) is 11.2. The standard InChI is InChI=1S/C12H18N2O4S/c1-8(2)17-12-6-11(18-9-4-5-9)10(7-13-12)14-19(3,15)16/h6-9,14H,4-5H2,1-3H3. The van der Waals surface area contributed by atoms with E-state index in [4.69, 9.17) is 9.47 Å². The monoisotopic (exact) mass is 286 g/mol. The first-order valence-corrected chi connectivity index (χ1v) is 8.04. The lowest BCUT2D eigenvalue weighted by atomic mass is 10.4. The number of hydrogen-bond donors (Lipinski definition) is 1. The molecule has 0 unspecified atom stereocenters. The lowest BCUT2D eigenvalue weighted by Gasteiger charge is -2.14. The van der Waals surface area contributed by atoms with Crippen LogP contribution in [0.4, 0.5) is 5.69 Å². The number of nitrogens with one attached hydrogen (secondary N) is 1. The Morgan fingerprint density at radius 3 is 2.63 bits per heavy atom. The molecule has 6 nitrogen and oxygen atoms in total. The highest BCUT2D eigenvalue weighted by molar-refractivity contribution is 7.92. The van der Waals surface area contributed by atoms with E-state index < -0.39 is 10.0 Å². The Morgan fingerprint density at radius 2 is 2.11 bits per heavy atom. The Morgan fingerprint density at radius 1 is 1.42 bits per heavy atom. The Kier molecular flexibility index (Phi) is 3.84. The van der Waals surface area contributed by atoms with Crippen molar-refractivity contribution < 1.29 is 17.9 Å². The molecule has 0 aliphatic heterocycles. The van der Waals surface area contributed by atoms with Gasteiger partial charge in [0.2, 0.25) is 15.9 Å². The Labute approximate surface area is 113 Å². The van der Waals surface area contributed by atoms with E-state index in [9.17, 15) is 8.42 Å². The van der Waals surface area contributed by atoms with Gasteiger partial charge in [0, 0.05) is 6.07 Å². The molecule has 7 heteroatoms. The van der Waals surface area contributed by atoms with Gasteiger partial charge in [-0.05, 0) is 26.7 Å². The first-order chi connectivity index (χ1) is 8.83. The van der Waals surface area contributed by atoms with Crippen molar-refractivity contribution in [3.8, 4) is 11.6 Å². The van der Waals surface area contributed by atoms with Gasteiger partial charge in [0.15, 0.2) is 5.75 Å². The molecule has 0 spiro atoms. The number of nitrogens with zero attached hydrogens (tertiary/aromatic N) is 1. The van der Waals surface area contributed by atoms with Gasteiger partial charge in [0.25, 0.3) is 0 Å². The van der Waals surface area contributed by atoms with E-state index in [-0.39, 0.29) is 12.2 Å². The summed E-state index contributed by atoms with van der Waals surface area (Å²) in [5.41, 5.74) is 0.338. The summed E-state index contributed by atoms with van der Waals surface area (Å²) in [7, 11) is -3.36. The zero-order chi connectivity index (χ0) is 14.0. The van der Waals surface area contributed by atoms with E-state index in [0.717, 1.165) is 19.1 Å². The quantitative estimate of drug-likeness (QED) is 0.862. The molecule has 19 heavy (non-hydrogen) atoms. The van der Waals surface area contributed by atoms with E-state index in [2.05, 4.69) is 9.71 Å². The number of aromatic nitrogens is 1. The van der Waals surface area contributed by atoms with Crippen LogP contribution in [0, 0.1) is 0 Å². The normalized spacial score (nSPS) is 15.4. The van der Waals surface area contributed by atoms with Gasteiger partial charge in [0.05, 0.1) is 24.7 Å². The SMILES string of the molecule is CC(C)Oc1cc(OC2CC2)c(NS(C)(=O)=O)cn1. The Hall–Kier alpha value is -1.50. The molecular formula is C12H18N2O4S. The van der Waals surface area contributed by atoms with Gasteiger partial charge in [-0.15, -0.1) is 0 Å². The lowest BCUT2D eigenvalue weighted by molar-refractivity contribution is 0.230. The maximum Gasteiger partial charge on any atom is 0.229 e. The average molecular weight is 286 g/mol. The number of pyridine rings is 1. The maximum atomic E-state index is 11.3. The molecule has 1 saturated carbocycles. The summed E-state index contributed by atoms with van der Waals surface area (Å²) in [6, 6.07) is 1.62. The molecular weight excluding hydrogens is 268 g/mol. The van der Waals surface area contributed by atoms with Gasteiger partial charge in [-0.1, -0.05) is 0 Å². The van der Waals surface area contributed by atoms with E-state index in [0.29, 0.717) is 17.3 Å². The topological polar surface area (TPSA) is 77.5 Å². The molecule has 1 aromatic rings. The maximum absolute atomic E-state index is 11.3. The number of sulfonamides is 1. The van der Waals surface area contributed by atoms with E-state index >= 15 is 0 Å². The number of rotatable bonds is 6. The summed E-state index contributed by atoms with van der Waals surface area (Å²) < 4.78 is 36.1. The van der Waals surface area contributed by atoms with Gasteiger partial charge in [-0.25, -0.2) is 13.4 Å². The molecule has 0 amide bonds. The fraction of sp³-hybridized carbons (Fsp3) is 0.583. The minimum absolute atomic E-state index is 0.00464. The molecule has 1 aliphatic carbocycles. The summed E-state index contributed by atoms with van der Waals surface area (Å²) in [5, 5.41) is 0. The predicted molar refractivity (Wildman–Crippen MR) is 72.1 cm³/mol. The molecule has 1 fully saturated rings. The van der Waals surface area contributed by atoms with Gasteiger partial charge in [0.1, 0.15) is 5.69 Å². The van der Waals surface area contributed by atoms with Gasteiger partial charge in [-0.2, -0.15) is 0 Å². The largest absolute Gasteiger partial charge is 0.488 e. The van der Waals surface area contributed by atoms with E-state index in [1.807, 2.05) is 13.8 Å². The molecule has 0 atom stereocenters. The van der Waals surface area contributed by atoms with Crippen molar-refractivity contribution in [3.05, 3.63) is 12.3 Å². The molecule has 0 radical (unpaired) electrons. The highest BCUT2D eigenvalue weighted by atomic mass is 32.2. The second-order valence-electron chi connectivity index (χ2n) is 4.88. The highest BCUT2D eigenvalue weighted by Crippen LogP contribution is 2.34. The summed E-state index contributed by atoms with van der Waals surface area (Å²) in [5.74, 6) is 0.878. The van der Waals surface area contributed by atoms with Crippen LogP contribution in [0.2, 0.25) is 0 Å². The fourth-order valence-electron chi connectivity index (χ4n) is 1.46. The fourth-order valence-corrected chi connectivity index (χ4v) is 2.02. The van der Waals surface area contributed by atoms with Crippen molar-refractivity contribution in [2.24, 2.45) is 0 Å². The second-order valence-corrected chi connectivity index (χ2v) is 6.63. The highest BCUT2D eigenvalue weighted by Gasteiger charge is 2.25. The van der Waals surface area contributed by atoms with E-state index in [1.165, 1.54) is 6.20 Å². The van der Waals surface area contributed by atoms with Crippen molar-refractivity contribution in [3.63, 3.8) is 0 Å². The second kappa shape index (κ2) is 5.24. The lowest BCUT2D eigenvalue weighted by Crippen LogP contribution is -2.13. The molecule has 1 aromatic heterocycles. The summed E-state index contributed by atoms with van der Waals surface area (Å²) in [4.78, 5) is 4.06. The van der Waals surface area contributed by atoms with Crippen LogP contribution in [0.3, 0.4) is 0 Å². The van der Waals surface area contributed by atoms with Crippen LogP contribution < -0.4 is 14.2 Å². The summed E-state index contributed by atoms with van der Waals surface area (Å²) >= 11 is 0. The van der Waals surface area contributed by atoms with Crippen molar-refractivity contribution >= 4 is 15.7 Å². The molecule has 0 aromatic carbocycles. The zero-order valence-corrected chi connectivity index (χ0v) is 12.0. The van der Waals surface area contributed by atoms with Crippen LogP contribution >= 0.6 is 0 Å². The van der Waals surface area contributed by atoms with Crippen LogP contribution in [0.1, 0.15) is 26.7 Å². The number of ether oxygens (including phenoxy) is 2. The molecule has 106 valence electrons. The van der Waals surface area contributed by atoms with Gasteiger partial charge in [-0.3, -0.25) is 4.72 Å². The third-order valence-electron chi connectivity index (χ3n) is 2.31. The first kappa shape index (κ1) is 13.9. The Balaban J connectivity index is 2.25. The van der Waals surface area contributed by atoms with Crippen molar-refractivity contribution in [1.82, 2.24) is 4.98 Å². The molecule has 1 heterocycles. The van der Waals surface area contributed by atoms with Crippen LogP contribution in [0.5, 0.6) is 11.6 Å². The number of anilines is 1. The third-order valence-corrected chi connectivity index (χ3v) is 2.90. The van der Waals surface area contributed by atoms with Crippen molar-refractivity contribution in [2.45, 2.75) is 38.9 Å². The minimum Gasteiger partial charge on any atom is -0.488 e. The average Bonchev–Trinajstić information content (AvgIpc) is 3.03. The van der Waals surface area contributed by atoms with Crippen LogP contribution in [-0.4, -0.2) is 31.9 Å². The summed E-state index contributed by atoms with van der Waals surface area (Å²) in [6.07, 6.45) is 4.63. The molecule has 1 N–H and O–H groups in total. The van der Waals surface area contributed by atoms with Crippen LogP contribution in [0.25, 0.3) is 0 Å². The van der Waals surface area contributed by atoms with Crippen molar-refractivity contribution in [1.29, 1.82) is 0 Å². The molecule has 1 aliphatic rings. The van der Waals surface area contributed by atoms with E-state index in [1.54, 1.807) is 6.07 Å². The van der Waals surface area contributed by atoms with Crippen LogP contribution in [-0.2, 0) is 10.0 Å². The van der Waals surface area contributed by atoms with Crippen LogP contribution in [0.15, 0.2) is 12.3 Å². The third kappa shape index (κ3) is 4.59. The molecule has 0 bridgehead atoms. The first-order valence-electron chi connectivity index (χ1n) is 6.14. The van der Waals surface area contributed by atoms with Gasteiger partial charge >= 0.3 is 0 Å². The van der Waals surface area contributed by atoms with Gasteiger partial charge < -0.3 is 9.47 Å². The predicted octanol–water partition coefficient (Wildman–Crippen LogP) is 1.78.